The summed E-state index contributed by atoms with van der Waals surface area (Å²) in [6, 6.07) is 19.9. The Bertz CT molecular complexity index is 681. The number of piperazine rings is 1. The molecule has 0 aliphatic carbocycles. The second-order valence-electron chi connectivity index (χ2n) is 6.30. The lowest BCUT2D eigenvalue weighted by Gasteiger charge is -2.40. The SMILES string of the molecule is CN1CC(Cc2ccccc2)N(C)CC1=Cc1ccccc1I. The molecular weight excluding hydrogens is 395 g/mol. The van der Waals surface area contributed by atoms with E-state index in [4.69, 9.17) is 0 Å². The van der Waals surface area contributed by atoms with E-state index in [1.165, 1.54) is 20.4 Å². The second-order valence-corrected chi connectivity index (χ2v) is 7.46. The fourth-order valence-corrected chi connectivity index (χ4v) is 3.66. The maximum absolute atomic E-state index is 2.48. The third-order valence-electron chi connectivity index (χ3n) is 4.55. The van der Waals surface area contributed by atoms with E-state index >= 15 is 0 Å². The fourth-order valence-electron chi connectivity index (χ4n) is 3.11. The van der Waals surface area contributed by atoms with Gasteiger partial charge in [0.1, 0.15) is 0 Å². The smallest absolute Gasteiger partial charge is 0.0384 e. The van der Waals surface area contributed by atoms with Gasteiger partial charge in [0.05, 0.1) is 0 Å². The van der Waals surface area contributed by atoms with E-state index in [1.54, 1.807) is 0 Å². The molecule has 1 atom stereocenters. The van der Waals surface area contributed by atoms with Crippen LogP contribution in [0.2, 0.25) is 0 Å². The maximum atomic E-state index is 2.48. The van der Waals surface area contributed by atoms with Crippen LogP contribution in [0.1, 0.15) is 11.1 Å². The highest BCUT2D eigenvalue weighted by molar-refractivity contribution is 14.1. The molecule has 0 radical (unpaired) electrons. The Morgan fingerprint density at radius 1 is 1.04 bits per heavy atom. The Labute approximate surface area is 152 Å². The topological polar surface area (TPSA) is 6.48 Å². The minimum atomic E-state index is 0.564. The zero-order chi connectivity index (χ0) is 16.2. The molecule has 3 heteroatoms. The summed E-state index contributed by atoms with van der Waals surface area (Å²) in [5.41, 5.74) is 4.12. The van der Waals surface area contributed by atoms with Crippen molar-refractivity contribution in [3.63, 3.8) is 0 Å². The third kappa shape index (κ3) is 4.15. The van der Waals surface area contributed by atoms with Crippen molar-refractivity contribution in [2.75, 3.05) is 27.2 Å². The van der Waals surface area contributed by atoms with Crippen molar-refractivity contribution < 1.29 is 0 Å². The van der Waals surface area contributed by atoms with Crippen molar-refractivity contribution in [1.82, 2.24) is 9.80 Å². The molecule has 2 aromatic rings. The largest absolute Gasteiger partial charge is 0.375 e. The molecule has 1 aliphatic heterocycles. The van der Waals surface area contributed by atoms with Gasteiger partial charge in [-0.1, -0.05) is 48.5 Å². The van der Waals surface area contributed by atoms with Crippen molar-refractivity contribution in [2.24, 2.45) is 0 Å². The van der Waals surface area contributed by atoms with Gasteiger partial charge in [0.25, 0.3) is 0 Å². The fraction of sp³-hybridized carbons (Fsp3) is 0.300. The predicted molar refractivity (Wildman–Crippen MR) is 106 cm³/mol. The lowest BCUT2D eigenvalue weighted by Crippen LogP contribution is -2.49. The van der Waals surface area contributed by atoms with Gasteiger partial charge in [-0.3, -0.25) is 4.90 Å². The number of hydrogen-bond acceptors (Lipinski definition) is 2. The van der Waals surface area contributed by atoms with Gasteiger partial charge in [-0.25, -0.2) is 0 Å². The molecule has 0 bridgehead atoms. The van der Waals surface area contributed by atoms with Crippen LogP contribution in [-0.4, -0.2) is 43.0 Å². The number of rotatable bonds is 3. The van der Waals surface area contributed by atoms with E-state index in [0.717, 1.165) is 19.5 Å². The first kappa shape index (κ1) is 16.5. The van der Waals surface area contributed by atoms with E-state index in [9.17, 15) is 0 Å². The Kier molecular flexibility index (Phi) is 5.38. The molecular formula is C20H23IN2. The van der Waals surface area contributed by atoms with E-state index in [-0.39, 0.29) is 0 Å². The van der Waals surface area contributed by atoms with Gasteiger partial charge in [-0.15, -0.1) is 0 Å². The Hall–Kier alpha value is -1.33. The first-order chi connectivity index (χ1) is 11.1. The van der Waals surface area contributed by atoms with Crippen molar-refractivity contribution in [3.05, 3.63) is 75.0 Å². The normalized spacial score (nSPS) is 20.9. The van der Waals surface area contributed by atoms with Gasteiger partial charge in [0.15, 0.2) is 0 Å². The van der Waals surface area contributed by atoms with Crippen molar-refractivity contribution in [2.45, 2.75) is 12.5 Å². The highest BCUT2D eigenvalue weighted by atomic mass is 127. The van der Waals surface area contributed by atoms with Crippen LogP contribution >= 0.6 is 22.6 Å². The van der Waals surface area contributed by atoms with Crippen LogP contribution in [0, 0.1) is 3.57 Å². The van der Waals surface area contributed by atoms with Gasteiger partial charge in [0, 0.05) is 35.4 Å². The van der Waals surface area contributed by atoms with Gasteiger partial charge >= 0.3 is 0 Å². The summed E-state index contributed by atoms with van der Waals surface area (Å²) in [6.07, 6.45) is 3.44. The van der Waals surface area contributed by atoms with Gasteiger partial charge < -0.3 is 4.90 Å². The van der Waals surface area contributed by atoms with Crippen LogP contribution in [-0.2, 0) is 6.42 Å². The van der Waals surface area contributed by atoms with Crippen LogP contribution in [0.15, 0.2) is 60.3 Å². The second kappa shape index (κ2) is 7.49. The quantitative estimate of drug-likeness (QED) is 0.692. The van der Waals surface area contributed by atoms with Gasteiger partial charge in [-0.2, -0.15) is 0 Å². The molecule has 0 saturated carbocycles. The average molecular weight is 418 g/mol. The van der Waals surface area contributed by atoms with Crippen molar-refractivity contribution >= 4 is 28.7 Å². The molecule has 1 heterocycles. The first-order valence-corrected chi connectivity index (χ1v) is 9.12. The summed E-state index contributed by atoms with van der Waals surface area (Å²) in [5, 5.41) is 0. The molecule has 0 N–H and O–H groups in total. The number of likely N-dealkylation sites (N-methyl/N-ethyl adjacent to an activating group) is 2. The molecule has 1 saturated heterocycles. The van der Waals surface area contributed by atoms with E-state index in [1.807, 2.05) is 0 Å². The molecule has 0 amide bonds. The first-order valence-electron chi connectivity index (χ1n) is 8.04. The molecule has 23 heavy (non-hydrogen) atoms. The Balaban J connectivity index is 1.73. The van der Waals surface area contributed by atoms with Crippen molar-refractivity contribution in [3.8, 4) is 0 Å². The molecule has 0 aromatic heterocycles. The highest BCUT2D eigenvalue weighted by Gasteiger charge is 2.25. The molecule has 2 nitrogen and oxygen atoms in total. The summed E-state index contributed by atoms with van der Waals surface area (Å²) >= 11 is 2.41. The van der Waals surface area contributed by atoms with Crippen LogP contribution < -0.4 is 0 Å². The Morgan fingerprint density at radius 3 is 2.48 bits per heavy atom. The molecule has 0 spiro atoms. The lowest BCUT2D eigenvalue weighted by atomic mass is 10.0. The van der Waals surface area contributed by atoms with Crippen LogP contribution in [0.4, 0.5) is 0 Å². The minimum Gasteiger partial charge on any atom is -0.375 e. The highest BCUT2D eigenvalue weighted by Crippen LogP contribution is 2.22. The number of hydrogen-bond donors (Lipinski definition) is 0. The average Bonchev–Trinajstić information content (AvgIpc) is 2.55. The molecule has 2 aromatic carbocycles. The van der Waals surface area contributed by atoms with E-state index in [0.29, 0.717) is 6.04 Å². The number of nitrogens with zero attached hydrogens (tertiary/aromatic N) is 2. The molecule has 1 unspecified atom stereocenters. The van der Waals surface area contributed by atoms with Crippen LogP contribution in [0.25, 0.3) is 6.08 Å². The predicted octanol–water partition coefficient (Wildman–Crippen LogP) is 4.12. The zero-order valence-electron chi connectivity index (χ0n) is 13.7. The number of halogens is 1. The van der Waals surface area contributed by atoms with Gasteiger partial charge in [-0.05, 0) is 59.3 Å². The summed E-state index contributed by atoms with van der Waals surface area (Å²) in [5.74, 6) is 0. The number of benzene rings is 2. The zero-order valence-corrected chi connectivity index (χ0v) is 15.9. The van der Waals surface area contributed by atoms with E-state index < -0.39 is 0 Å². The van der Waals surface area contributed by atoms with Crippen LogP contribution in [0.3, 0.4) is 0 Å². The summed E-state index contributed by atoms with van der Waals surface area (Å²) in [6.45, 7) is 2.07. The monoisotopic (exact) mass is 418 g/mol. The Morgan fingerprint density at radius 2 is 1.74 bits per heavy atom. The third-order valence-corrected chi connectivity index (χ3v) is 5.53. The minimum absolute atomic E-state index is 0.564. The maximum Gasteiger partial charge on any atom is 0.0384 e. The van der Waals surface area contributed by atoms with Crippen LogP contribution in [0.5, 0.6) is 0 Å². The molecule has 1 aliphatic rings. The van der Waals surface area contributed by atoms with Crippen molar-refractivity contribution in [1.29, 1.82) is 0 Å². The summed E-state index contributed by atoms with van der Waals surface area (Å²) in [4.78, 5) is 4.89. The molecule has 1 fully saturated rings. The lowest BCUT2D eigenvalue weighted by molar-refractivity contribution is 0.154. The summed E-state index contributed by atoms with van der Waals surface area (Å²) < 4.78 is 1.31. The molecule has 3 rings (SSSR count). The molecule has 120 valence electrons. The van der Waals surface area contributed by atoms with E-state index in [2.05, 4.69) is 107 Å². The summed E-state index contributed by atoms with van der Waals surface area (Å²) in [7, 11) is 4.46. The standard InChI is InChI=1S/C20H23IN2/c1-22-15-19(13-17-10-6-7-11-20(17)21)23(2)14-18(22)12-16-8-4-3-5-9-16/h3-11,13,18H,12,14-15H2,1-2H3. The van der Waals surface area contributed by atoms with Gasteiger partial charge in [0.2, 0.25) is 0 Å².